The highest BCUT2D eigenvalue weighted by Gasteiger charge is 2.25. The summed E-state index contributed by atoms with van der Waals surface area (Å²) in [6.07, 6.45) is 9.72. The van der Waals surface area contributed by atoms with E-state index in [0.29, 0.717) is 64.2 Å². The number of nitrogens with zero attached hydrogens (tertiary/aromatic N) is 2. The van der Waals surface area contributed by atoms with Crippen LogP contribution in [0, 0.1) is 18.3 Å². The number of aromatic nitrogens is 3. The molecule has 0 spiro atoms. The third-order valence-corrected chi connectivity index (χ3v) is 7.76. The number of rotatable bonds is 7. The Bertz CT molecular complexity index is 2050. The molecule has 0 atom stereocenters. The zero-order valence-electron chi connectivity index (χ0n) is 23.0. The Kier molecular flexibility index (Phi) is 7.12. The van der Waals surface area contributed by atoms with Crippen LogP contribution in [0.25, 0.3) is 44.0 Å². The maximum atomic E-state index is 14.2. The molecular weight excluding hydrogens is 561 g/mol. The van der Waals surface area contributed by atoms with Gasteiger partial charge in [0.2, 0.25) is 0 Å². The standard InChI is InChI=1S/C31H28FN3O6S/c1-4-19-5-6-23-26(11-19)34-31-29(23)30(36)25-14-28(40-17-18(2)3)24(13-27(25)35(31)21-7-9-39-10-8-21)20-12-22(16-33-15-20)41-42(32,37)38/h1,5-6,11-16,18,21,34H,7-10,17H2,2-3H3. The fourth-order valence-electron chi connectivity index (χ4n) is 5.54. The van der Waals surface area contributed by atoms with Crippen LogP contribution >= 0.6 is 0 Å². The van der Waals surface area contributed by atoms with Crippen molar-refractivity contribution in [2.75, 3.05) is 19.8 Å². The van der Waals surface area contributed by atoms with Crippen LogP contribution in [0.2, 0.25) is 0 Å². The van der Waals surface area contributed by atoms with Gasteiger partial charge in [0.1, 0.15) is 11.4 Å². The number of fused-ring (bicyclic) bond motifs is 4. The Morgan fingerprint density at radius 1 is 1.17 bits per heavy atom. The van der Waals surface area contributed by atoms with E-state index in [2.05, 4.69) is 24.6 Å². The van der Waals surface area contributed by atoms with E-state index < -0.39 is 10.5 Å². The lowest BCUT2D eigenvalue weighted by Crippen LogP contribution is -2.22. The highest BCUT2D eigenvalue weighted by molar-refractivity contribution is 7.81. The molecule has 6 rings (SSSR count). The van der Waals surface area contributed by atoms with Crippen molar-refractivity contribution in [1.29, 1.82) is 0 Å². The topological polar surface area (TPSA) is 113 Å². The lowest BCUT2D eigenvalue weighted by atomic mass is 10.00. The summed E-state index contributed by atoms with van der Waals surface area (Å²) in [4.78, 5) is 21.7. The van der Waals surface area contributed by atoms with Crippen LogP contribution in [-0.4, -0.2) is 42.8 Å². The molecule has 0 bridgehead atoms. The number of benzene rings is 2. The normalized spacial score (nSPS) is 14.5. The van der Waals surface area contributed by atoms with E-state index in [9.17, 15) is 17.1 Å². The van der Waals surface area contributed by atoms with Crippen molar-refractivity contribution in [3.63, 3.8) is 0 Å². The molecule has 3 aromatic heterocycles. The van der Waals surface area contributed by atoms with Crippen molar-refractivity contribution >= 4 is 43.3 Å². The molecule has 1 aliphatic rings. The molecule has 0 aliphatic carbocycles. The predicted octanol–water partition coefficient (Wildman–Crippen LogP) is 5.66. The fourth-order valence-corrected chi connectivity index (χ4v) is 5.86. The van der Waals surface area contributed by atoms with Crippen molar-refractivity contribution in [1.82, 2.24) is 14.5 Å². The Hall–Kier alpha value is -4.40. The first-order chi connectivity index (χ1) is 20.1. The Morgan fingerprint density at radius 2 is 1.95 bits per heavy atom. The Morgan fingerprint density at radius 3 is 2.67 bits per heavy atom. The zero-order chi connectivity index (χ0) is 29.6. The maximum Gasteiger partial charge on any atom is 0.488 e. The number of terminal acetylenes is 1. The number of halogens is 1. The summed E-state index contributed by atoms with van der Waals surface area (Å²) < 4.78 is 54.1. The summed E-state index contributed by atoms with van der Waals surface area (Å²) in [6, 6.07) is 10.5. The van der Waals surface area contributed by atoms with Crippen molar-refractivity contribution in [2.24, 2.45) is 5.92 Å². The van der Waals surface area contributed by atoms with E-state index in [1.54, 1.807) is 6.07 Å². The summed E-state index contributed by atoms with van der Waals surface area (Å²) >= 11 is 0. The summed E-state index contributed by atoms with van der Waals surface area (Å²) in [7, 11) is -5.26. The molecule has 4 heterocycles. The van der Waals surface area contributed by atoms with E-state index in [1.165, 1.54) is 12.3 Å². The molecule has 42 heavy (non-hydrogen) atoms. The first-order valence-electron chi connectivity index (χ1n) is 13.6. The van der Waals surface area contributed by atoms with E-state index in [1.807, 2.05) is 38.1 Å². The van der Waals surface area contributed by atoms with E-state index in [4.69, 9.17) is 15.9 Å². The molecule has 11 heteroatoms. The van der Waals surface area contributed by atoms with Crippen molar-refractivity contribution in [3.05, 3.63) is 64.6 Å². The number of hydrogen-bond acceptors (Lipinski definition) is 7. The molecule has 216 valence electrons. The minimum atomic E-state index is -5.26. The Balaban J connectivity index is 1.69. The molecule has 2 aromatic carbocycles. The molecule has 5 aromatic rings. The lowest BCUT2D eigenvalue weighted by Gasteiger charge is -2.28. The number of hydrogen-bond donors (Lipinski definition) is 1. The largest absolute Gasteiger partial charge is 0.493 e. The second-order valence-electron chi connectivity index (χ2n) is 10.8. The van der Waals surface area contributed by atoms with Gasteiger partial charge < -0.3 is 23.2 Å². The summed E-state index contributed by atoms with van der Waals surface area (Å²) in [6.45, 7) is 5.51. The SMILES string of the molecule is C#Cc1ccc2c(c1)[nH]c1c2c(=O)c2cc(OCC(C)C)c(-c3cncc(OS(=O)(=O)F)c3)cc2n1C1CCOCC1. The van der Waals surface area contributed by atoms with Gasteiger partial charge in [-0.3, -0.25) is 9.78 Å². The number of aromatic amines is 1. The van der Waals surface area contributed by atoms with Gasteiger partial charge in [-0.05, 0) is 49.1 Å². The van der Waals surface area contributed by atoms with Crippen LogP contribution in [0.4, 0.5) is 3.89 Å². The molecule has 0 radical (unpaired) electrons. The zero-order valence-corrected chi connectivity index (χ0v) is 23.8. The van der Waals surface area contributed by atoms with Crippen LogP contribution < -0.4 is 14.3 Å². The van der Waals surface area contributed by atoms with Gasteiger partial charge in [-0.2, -0.15) is 8.42 Å². The molecule has 0 unspecified atom stereocenters. The monoisotopic (exact) mass is 589 g/mol. The quantitative estimate of drug-likeness (QED) is 0.193. The number of nitrogens with one attached hydrogen (secondary N) is 1. The Labute approximate surface area is 241 Å². The maximum absolute atomic E-state index is 14.2. The highest BCUT2D eigenvalue weighted by Crippen LogP contribution is 2.39. The third-order valence-electron chi connectivity index (χ3n) is 7.36. The molecule has 0 saturated carbocycles. The van der Waals surface area contributed by atoms with Crippen LogP contribution in [0.15, 0.2) is 53.6 Å². The molecule has 9 nitrogen and oxygen atoms in total. The average molecular weight is 590 g/mol. The molecule has 1 aliphatic heterocycles. The van der Waals surface area contributed by atoms with Gasteiger partial charge in [-0.25, -0.2) is 0 Å². The molecule has 1 fully saturated rings. The van der Waals surface area contributed by atoms with E-state index in [0.717, 1.165) is 29.9 Å². The fraction of sp³-hybridized carbons (Fsp3) is 0.290. The molecular formula is C31H28FN3O6S. The van der Waals surface area contributed by atoms with Gasteiger partial charge in [-0.15, -0.1) is 6.42 Å². The lowest BCUT2D eigenvalue weighted by molar-refractivity contribution is 0.0715. The second-order valence-corrected chi connectivity index (χ2v) is 11.7. The molecule has 1 N–H and O–H groups in total. The van der Waals surface area contributed by atoms with Crippen molar-refractivity contribution in [3.8, 4) is 35.0 Å². The first kappa shape index (κ1) is 27.8. The van der Waals surface area contributed by atoms with Crippen LogP contribution in [0.1, 0.15) is 38.3 Å². The van der Waals surface area contributed by atoms with E-state index in [-0.39, 0.29) is 23.1 Å². The van der Waals surface area contributed by atoms with Gasteiger partial charge in [0.25, 0.3) is 0 Å². The second kappa shape index (κ2) is 10.8. The summed E-state index contributed by atoms with van der Waals surface area (Å²) in [5.74, 6) is 2.94. The number of ether oxygens (including phenoxy) is 2. The predicted molar refractivity (Wildman–Crippen MR) is 159 cm³/mol. The van der Waals surface area contributed by atoms with Crippen LogP contribution in [-0.2, 0) is 15.2 Å². The first-order valence-corrected chi connectivity index (χ1v) is 14.9. The van der Waals surface area contributed by atoms with Crippen molar-refractivity contribution < 1.29 is 26.0 Å². The van der Waals surface area contributed by atoms with Gasteiger partial charge in [0, 0.05) is 53.0 Å². The van der Waals surface area contributed by atoms with E-state index >= 15 is 0 Å². The third kappa shape index (κ3) is 5.19. The number of H-pyrrole nitrogens is 1. The molecule has 1 saturated heterocycles. The van der Waals surface area contributed by atoms with Crippen LogP contribution in [0.3, 0.4) is 0 Å². The smallest absolute Gasteiger partial charge is 0.488 e. The van der Waals surface area contributed by atoms with Crippen LogP contribution in [0.5, 0.6) is 11.5 Å². The average Bonchev–Trinajstić information content (AvgIpc) is 3.34. The minimum Gasteiger partial charge on any atom is -0.493 e. The summed E-state index contributed by atoms with van der Waals surface area (Å²) in [5, 5.41) is 1.79. The van der Waals surface area contributed by atoms with Gasteiger partial charge in [-0.1, -0.05) is 29.7 Å². The summed E-state index contributed by atoms with van der Waals surface area (Å²) in [5.41, 5.74) is 3.58. The van der Waals surface area contributed by atoms with Gasteiger partial charge >= 0.3 is 10.5 Å². The highest BCUT2D eigenvalue weighted by atomic mass is 32.3. The number of pyridine rings is 2. The molecule has 0 amide bonds. The van der Waals surface area contributed by atoms with Crippen molar-refractivity contribution in [2.45, 2.75) is 32.7 Å². The van der Waals surface area contributed by atoms with Gasteiger partial charge in [0.15, 0.2) is 11.2 Å². The minimum absolute atomic E-state index is 0.0178. The van der Waals surface area contributed by atoms with Gasteiger partial charge in [0.05, 0.1) is 29.1 Å².